The summed E-state index contributed by atoms with van der Waals surface area (Å²) in [6.45, 7) is 0. The van der Waals surface area contributed by atoms with Crippen LogP contribution in [0.1, 0.15) is 15.9 Å². The van der Waals surface area contributed by atoms with E-state index >= 15 is 0 Å². The van der Waals surface area contributed by atoms with Gasteiger partial charge in [0.1, 0.15) is 5.75 Å². The molecule has 27 heavy (non-hydrogen) atoms. The number of thioether (sulfide) groups is 1. The maximum Gasteiger partial charge on any atom is 0.285 e. The molecule has 2 aromatic carbocycles. The summed E-state index contributed by atoms with van der Waals surface area (Å²) in [5, 5.41) is 10.8. The zero-order valence-electron chi connectivity index (χ0n) is 14.7. The third-order valence-corrected chi connectivity index (χ3v) is 5.17. The number of para-hydroxylation sites is 1. The molecule has 0 saturated carbocycles. The van der Waals surface area contributed by atoms with Gasteiger partial charge in [0.15, 0.2) is 4.32 Å². The van der Waals surface area contributed by atoms with E-state index in [9.17, 15) is 14.7 Å². The minimum absolute atomic E-state index is 0.0646. The van der Waals surface area contributed by atoms with E-state index in [-0.39, 0.29) is 15.6 Å². The van der Waals surface area contributed by atoms with Crippen molar-refractivity contribution in [2.75, 3.05) is 19.0 Å². The van der Waals surface area contributed by atoms with Gasteiger partial charge in [0.25, 0.3) is 11.8 Å². The molecule has 0 atom stereocenters. The van der Waals surface area contributed by atoms with Crippen LogP contribution in [0.15, 0.2) is 53.4 Å². The summed E-state index contributed by atoms with van der Waals surface area (Å²) in [6, 6.07) is 13.8. The van der Waals surface area contributed by atoms with E-state index in [1.807, 2.05) is 43.3 Å². The number of anilines is 1. The zero-order chi connectivity index (χ0) is 19.6. The van der Waals surface area contributed by atoms with Crippen molar-refractivity contribution in [3.05, 3.63) is 64.6 Å². The van der Waals surface area contributed by atoms with Crippen LogP contribution in [-0.2, 0) is 4.79 Å². The lowest BCUT2D eigenvalue weighted by Crippen LogP contribution is -2.44. The highest BCUT2D eigenvalue weighted by molar-refractivity contribution is 8.26. The summed E-state index contributed by atoms with van der Waals surface area (Å²) in [6.07, 6.45) is 1.73. The average molecular weight is 399 g/mol. The third kappa shape index (κ3) is 4.12. The SMILES string of the molecule is CN(C)c1ccc(C=C2SC(=S)N(NC(=O)c3ccccc3O)C2=O)cc1. The van der Waals surface area contributed by atoms with E-state index < -0.39 is 11.8 Å². The van der Waals surface area contributed by atoms with Gasteiger partial charge < -0.3 is 10.0 Å². The van der Waals surface area contributed by atoms with Gasteiger partial charge in [0.05, 0.1) is 10.5 Å². The van der Waals surface area contributed by atoms with Crippen LogP contribution in [-0.4, -0.2) is 40.3 Å². The number of rotatable bonds is 4. The minimum atomic E-state index is -0.610. The van der Waals surface area contributed by atoms with Crippen molar-refractivity contribution >= 4 is 51.9 Å². The van der Waals surface area contributed by atoms with E-state index in [2.05, 4.69) is 5.43 Å². The second-order valence-corrected chi connectivity index (χ2v) is 7.64. The number of benzene rings is 2. The molecule has 1 saturated heterocycles. The number of carbonyl (C=O) groups excluding carboxylic acids is 2. The largest absolute Gasteiger partial charge is 0.507 e. The first-order valence-electron chi connectivity index (χ1n) is 8.01. The van der Waals surface area contributed by atoms with Gasteiger partial charge in [-0.1, -0.05) is 36.0 Å². The monoisotopic (exact) mass is 399 g/mol. The Morgan fingerprint density at radius 2 is 1.85 bits per heavy atom. The number of nitrogens with zero attached hydrogens (tertiary/aromatic N) is 2. The summed E-state index contributed by atoms with van der Waals surface area (Å²) in [7, 11) is 3.90. The van der Waals surface area contributed by atoms with Crippen LogP contribution in [0, 0.1) is 0 Å². The molecule has 2 amide bonds. The molecule has 0 spiro atoms. The number of carbonyl (C=O) groups is 2. The van der Waals surface area contributed by atoms with Crippen molar-refractivity contribution in [2.24, 2.45) is 0 Å². The predicted octanol–water partition coefficient (Wildman–Crippen LogP) is 3.00. The normalized spacial score (nSPS) is 15.3. The van der Waals surface area contributed by atoms with Gasteiger partial charge in [-0.15, -0.1) is 0 Å². The van der Waals surface area contributed by atoms with Gasteiger partial charge in [-0.3, -0.25) is 15.0 Å². The standard InChI is InChI=1S/C19H17N3O3S2/c1-21(2)13-9-7-12(8-10-13)11-16-18(25)22(19(26)27-16)20-17(24)14-5-3-4-6-15(14)23/h3-11,23H,1-2H3,(H,20,24). The number of aromatic hydroxyl groups is 1. The maximum atomic E-state index is 12.6. The van der Waals surface area contributed by atoms with Crippen LogP contribution >= 0.6 is 24.0 Å². The van der Waals surface area contributed by atoms with Crippen LogP contribution in [0.25, 0.3) is 6.08 Å². The molecule has 3 rings (SSSR count). The number of hydrazine groups is 1. The Morgan fingerprint density at radius 3 is 2.48 bits per heavy atom. The smallest absolute Gasteiger partial charge is 0.285 e. The highest BCUT2D eigenvalue weighted by atomic mass is 32.2. The molecule has 2 aromatic rings. The molecule has 0 aromatic heterocycles. The Hall–Kier alpha value is -2.84. The Bertz CT molecular complexity index is 939. The molecule has 6 nitrogen and oxygen atoms in total. The fourth-order valence-electron chi connectivity index (χ4n) is 2.41. The third-order valence-electron chi connectivity index (χ3n) is 3.86. The van der Waals surface area contributed by atoms with Crippen LogP contribution in [0.5, 0.6) is 5.75 Å². The number of thiocarbonyl (C=S) groups is 1. The zero-order valence-corrected chi connectivity index (χ0v) is 16.3. The molecular formula is C19H17N3O3S2. The fourth-order valence-corrected chi connectivity index (χ4v) is 3.59. The lowest BCUT2D eigenvalue weighted by Gasteiger charge is -2.16. The van der Waals surface area contributed by atoms with E-state index in [1.54, 1.807) is 18.2 Å². The van der Waals surface area contributed by atoms with Gasteiger partial charge in [-0.25, -0.2) is 0 Å². The molecule has 0 aliphatic carbocycles. The quantitative estimate of drug-likeness (QED) is 0.608. The lowest BCUT2D eigenvalue weighted by molar-refractivity contribution is -0.123. The molecule has 0 unspecified atom stereocenters. The first kappa shape index (κ1) is 18.9. The van der Waals surface area contributed by atoms with Crippen LogP contribution in [0.3, 0.4) is 0 Å². The Labute approximate surface area is 166 Å². The van der Waals surface area contributed by atoms with Crippen molar-refractivity contribution in [1.82, 2.24) is 10.4 Å². The summed E-state index contributed by atoms with van der Waals surface area (Å²) in [5.41, 5.74) is 4.42. The van der Waals surface area contributed by atoms with E-state index in [4.69, 9.17) is 12.2 Å². The van der Waals surface area contributed by atoms with E-state index in [1.165, 1.54) is 12.1 Å². The van der Waals surface area contributed by atoms with Gasteiger partial charge in [0.2, 0.25) is 0 Å². The van der Waals surface area contributed by atoms with Crippen molar-refractivity contribution in [3.8, 4) is 5.75 Å². The highest BCUT2D eigenvalue weighted by Gasteiger charge is 2.34. The molecule has 1 aliphatic heterocycles. The minimum Gasteiger partial charge on any atom is -0.507 e. The maximum absolute atomic E-state index is 12.6. The van der Waals surface area contributed by atoms with Crippen LogP contribution in [0.4, 0.5) is 5.69 Å². The average Bonchev–Trinajstić information content (AvgIpc) is 2.90. The van der Waals surface area contributed by atoms with Crippen molar-refractivity contribution in [2.45, 2.75) is 0 Å². The first-order valence-corrected chi connectivity index (χ1v) is 9.23. The van der Waals surface area contributed by atoms with Crippen LogP contribution < -0.4 is 10.3 Å². The van der Waals surface area contributed by atoms with Gasteiger partial charge in [-0.2, -0.15) is 5.01 Å². The Kier molecular flexibility index (Phi) is 5.48. The number of hydrogen-bond acceptors (Lipinski definition) is 6. The van der Waals surface area contributed by atoms with Crippen molar-refractivity contribution in [1.29, 1.82) is 0 Å². The van der Waals surface area contributed by atoms with Crippen LogP contribution in [0.2, 0.25) is 0 Å². The van der Waals surface area contributed by atoms with E-state index in [0.717, 1.165) is 28.0 Å². The fraction of sp³-hybridized carbons (Fsp3) is 0.105. The summed E-state index contributed by atoms with van der Waals surface area (Å²) in [5.74, 6) is -1.19. The van der Waals surface area contributed by atoms with Crippen molar-refractivity contribution < 1.29 is 14.7 Å². The number of hydrogen-bond donors (Lipinski definition) is 2. The molecule has 138 valence electrons. The molecule has 1 aliphatic rings. The number of amides is 2. The molecule has 0 bridgehead atoms. The topological polar surface area (TPSA) is 72.9 Å². The summed E-state index contributed by atoms with van der Waals surface area (Å²) < 4.78 is 0.222. The summed E-state index contributed by atoms with van der Waals surface area (Å²) >= 11 is 6.32. The predicted molar refractivity (Wildman–Crippen MR) is 111 cm³/mol. The van der Waals surface area contributed by atoms with Gasteiger partial charge in [-0.05, 0) is 48.1 Å². The van der Waals surface area contributed by atoms with Gasteiger partial charge in [0, 0.05) is 19.8 Å². The second-order valence-electron chi connectivity index (χ2n) is 5.96. The molecule has 1 fully saturated rings. The van der Waals surface area contributed by atoms with Crippen molar-refractivity contribution in [3.63, 3.8) is 0 Å². The molecule has 2 N–H and O–H groups in total. The molecule has 1 heterocycles. The first-order chi connectivity index (χ1) is 12.9. The Balaban J connectivity index is 1.76. The second kappa shape index (κ2) is 7.81. The molecular weight excluding hydrogens is 382 g/mol. The highest BCUT2D eigenvalue weighted by Crippen LogP contribution is 2.32. The molecule has 0 radical (unpaired) electrons. The molecule has 8 heteroatoms. The number of phenols is 1. The van der Waals surface area contributed by atoms with Gasteiger partial charge >= 0.3 is 0 Å². The van der Waals surface area contributed by atoms with E-state index in [0.29, 0.717) is 4.91 Å². The summed E-state index contributed by atoms with van der Waals surface area (Å²) in [4.78, 5) is 27.3. The lowest BCUT2D eigenvalue weighted by atomic mass is 10.2. The number of phenolic OH excluding ortho intramolecular Hbond substituents is 1. The number of nitrogens with one attached hydrogen (secondary N) is 1. The Morgan fingerprint density at radius 1 is 1.19 bits per heavy atom.